The summed E-state index contributed by atoms with van der Waals surface area (Å²) >= 11 is 29.5. The minimum Gasteiger partial charge on any atom is -1.00 e. The molecule has 0 spiro atoms. The Kier molecular flexibility index (Phi) is 23.8. The summed E-state index contributed by atoms with van der Waals surface area (Å²) in [5.74, 6) is 0.109. The molecule has 314 valence electrons. The van der Waals surface area contributed by atoms with Crippen molar-refractivity contribution in [3.8, 4) is 0 Å². The van der Waals surface area contributed by atoms with Crippen molar-refractivity contribution < 1.29 is 129 Å². The molecule has 22 heteroatoms. The summed E-state index contributed by atoms with van der Waals surface area (Å²) in [7, 11) is 0. The monoisotopic (exact) mass is 982 g/mol. The number of anilines is 2. The van der Waals surface area contributed by atoms with Gasteiger partial charge in [0.05, 0.1) is 10.8 Å². The molecule has 0 aliphatic carbocycles. The number of H-pyrrole nitrogens is 1. The molecule has 2 saturated heterocycles. The van der Waals surface area contributed by atoms with Crippen molar-refractivity contribution in [2.45, 2.75) is 20.4 Å². The Morgan fingerprint density at radius 3 is 1.74 bits per heavy atom. The van der Waals surface area contributed by atoms with Crippen LogP contribution in [0.2, 0.25) is 20.4 Å². The predicted molar refractivity (Wildman–Crippen MR) is 230 cm³/mol. The number of carbonyl (C=O) groups is 3. The maximum atomic E-state index is 12.7. The molecule has 4 aromatic heterocycles. The Hall–Kier alpha value is -1.63. The van der Waals surface area contributed by atoms with E-state index in [4.69, 9.17) is 68.1 Å². The van der Waals surface area contributed by atoms with Gasteiger partial charge in [0.25, 0.3) is 6.47 Å². The van der Waals surface area contributed by atoms with E-state index < -0.39 is 0 Å². The maximum absolute atomic E-state index is 12.7. The molecular weight excluding hydrogens is 944 g/mol. The van der Waals surface area contributed by atoms with Crippen LogP contribution in [0.5, 0.6) is 0 Å². The van der Waals surface area contributed by atoms with E-state index in [1.807, 2.05) is 66.1 Å². The first-order valence-corrected chi connectivity index (χ1v) is 20.3. The molecule has 0 unspecified atom stereocenters. The number of fused-ring (bicyclic) bond motifs is 2. The number of nitrogens with zero attached hydrogens (tertiary/aromatic N) is 9. The summed E-state index contributed by atoms with van der Waals surface area (Å²) < 4.78 is 1.58. The van der Waals surface area contributed by atoms with Gasteiger partial charge in [-0.2, -0.15) is 10.2 Å². The van der Waals surface area contributed by atoms with Crippen molar-refractivity contribution in [3.05, 3.63) is 105 Å². The summed E-state index contributed by atoms with van der Waals surface area (Å²) in [6, 6.07) is 19.4. The summed E-state index contributed by atoms with van der Waals surface area (Å²) in [6.45, 7) is 9.99. The minimum atomic E-state index is -0.181. The van der Waals surface area contributed by atoms with E-state index in [-0.39, 0.29) is 135 Å². The molecule has 2 aliphatic rings. The smallest absolute Gasteiger partial charge is 1.00 e. The number of aromatic amines is 1. The third-order valence-corrected chi connectivity index (χ3v) is 11.1. The molecule has 2 fully saturated rings. The summed E-state index contributed by atoms with van der Waals surface area (Å²) in [5.41, 5.74) is 5.72. The van der Waals surface area contributed by atoms with Crippen LogP contribution in [-0.2, 0) is 25.8 Å². The summed E-state index contributed by atoms with van der Waals surface area (Å²) in [5, 5.41) is 23.3. The van der Waals surface area contributed by atoms with Crippen molar-refractivity contribution >= 4 is 110 Å². The van der Waals surface area contributed by atoms with Crippen molar-refractivity contribution in [2.24, 2.45) is 0 Å². The molecule has 0 saturated carbocycles. The van der Waals surface area contributed by atoms with Crippen LogP contribution in [0.25, 0.3) is 22.1 Å². The third kappa shape index (κ3) is 15.2. The maximum Gasteiger partial charge on any atom is 1.00 e. The molecule has 8 rings (SSSR count). The van der Waals surface area contributed by atoms with Crippen LogP contribution in [0.3, 0.4) is 0 Å². The zero-order valence-corrected chi connectivity index (χ0v) is 44.1. The van der Waals surface area contributed by atoms with Gasteiger partial charge in [0, 0.05) is 86.2 Å². The average molecular weight is 985 g/mol. The fourth-order valence-electron chi connectivity index (χ4n) is 6.29. The van der Waals surface area contributed by atoms with Crippen LogP contribution in [0.1, 0.15) is 12.6 Å². The zero-order valence-electron chi connectivity index (χ0n) is 35.0. The first kappa shape index (κ1) is 53.7. The van der Waals surface area contributed by atoms with Crippen LogP contribution >= 0.6 is 58.0 Å². The van der Waals surface area contributed by atoms with Gasteiger partial charge in [-0.3, -0.25) is 19.5 Å². The largest absolute Gasteiger partial charge is 1.00 e. The summed E-state index contributed by atoms with van der Waals surface area (Å²) in [4.78, 5) is 51.9. The molecule has 1 N–H and O–H groups in total. The van der Waals surface area contributed by atoms with Crippen molar-refractivity contribution in [3.63, 3.8) is 0 Å². The number of alkyl halides is 1. The SMILES string of the molecule is Cc1cc(N2CCN(C(=O)CCl)CC2)ccc1Cl.Cc1cc(N2CCN(C(=O)Cn3nc(Cl)c4cccnc43)CC2)ccc1Cl.Clc1[nH]nc2ncccc12.O=CO[O-].[H-].[K+].[K+]. The fraction of sp³-hybridized carbons (Fsp3) is 0.308. The molecule has 0 radical (unpaired) electrons. The molecule has 0 atom stereocenters. The Balaban J connectivity index is 0.000000326. The first-order chi connectivity index (χ1) is 28.4. The summed E-state index contributed by atoms with van der Waals surface area (Å²) in [6.07, 6.45) is 3.35. The Morgan fingerprint density at radius 2 is 1.26 bits per heavy atom. The van der Waals surface area contributed by atoms with Gasteiger partial charge in [0.15, 0.2) is 16.4 Å². The van der Waals surface area contributed by atoms with Gasteiger partial charge in [-0.1, -0.05) is 46.4 Å². The Bertz CT molecular complexity index is 2370. The number of carbonyl (C=O) groups excluding carboxylic acids is 3. The number of rotatable bonds is 6. The molecule has 2 aliphatic heterocycles. The molecule has 15 nitrogen and oxygen atoms in total. The number of aromatic nitrogens is 6. The van der Waals surface area contributed by atoms with Gasteiger partial charge in [0.2, 0.25) is 11.8 Å². The number of piperazine rings is 2. The van der Waals surface area contributed by atoms with E-state index in [0.29, 0.717) is 34.7 Å². The molecule has 61 heavy (non-hydrogen) atoms. The van der Waals surface area contributed by atoms with Crippen LogP contribution in [0.15, 0.2) is 73.1 Å². The van der Waals surface area contributed by atoms with Gasteiger partial charge in [-0.15, -0.1) is 11.6 Å². The van der Waals surface area contributed by atoms with Crippen LogP contribution in [0.4, 0.5) is 11.4 Å². The topological polar surface area (TPSA) is 169 Å². The van der Waals surface area contributed by atoms with E-state index in [0.717, 1.165) is 82.6 Å². The van der Waals surface area contributed by atoms with E-state index >= 15 is 0 Å². The van der Waals surface area contributed by atoms with Crippen LogP contribution in [0, 0.1) is 13.8 Å². The predicted octanol–water partition coefficient (Wildman–Crippen LogP) is 0.0976. The fourth-order valence-corrected chi connectivity index (χ4v) is 7.13. The molecule has 0 bridgehead atoms. The molecular formula is C39H41Cl5K2N10O5. The van der Waals surface area contributed by atoms with Crippen molar-refractivity contribution in [1.82, 2.24) is 39.7 Å². The molecule has 6 heterocycles. The number of aryl methyl sites for hydroxylation is 2. The van der Waals surface area contributed by atoms with E-state index in [1.165, 1.54) is 0 Å². The molecule has 2 amide bonds. The average Bonchev–Trinajstić information content (AvgIpc) is 3.81. The van der Waals surface area contributed by atoms with Crippen molar-refractivity contribution in [1.29, 1.82) is 0 Å². The van der Waals surface area contributed by atoms with Crippen molar-refractivity contribution in [2.75, 3.05) is 68.0 Å². The minimum absolute atomic E-state index is 0. The number of halogens is 5. The second kappa shape index (κ2) is 27.0. The normalized spacial score (nSPS) is 13.3. The number of hydrogen-bond acceptors (Lipinski definition) is 11. The third-order valence-electron chi connectivity index (χ3n) is 9.46. The second-order valence-corrected chi connectivity index (χ2v) is 15.0. The number of pyridine rings is 2. The standard InChI is InChI=1S/C19H19Cl2N5O.C13H16Cl2N2O.C6H4ClN3.CH2O3.2K.H/c1-13-11-14(4-5-16(13)20)24-7-9-25(10-8-24)17(27)12-26-19-15(18(21)23-26)3-2-6-22-19;1-10-8-11(2-3-12(10)15)16-4-6-17(7-5-16)13(18)9-14;7-5-4-2-1-3-8-6(4)10-9-5;2-1-4-3;;;/h2-6,11H,7-10,12H2,1H3;2-3,8H,4-7,9H2,1H3;1-3H,(H,8,9,10);1,3H;;;/q;;;;2*+1;-1/p-1. The van der Waals surface area contributed by atoms with E-state index in [1.54, 1.807) is 23.1 Å². The first-order valence-electron chi connectivity index (χ1n) is 18.2. The van der Waals surface area contributed by atoms with Gasteiger partial charge >= 0.3 is 103 Å². The Labute approximate surface area is 464 Å². The second-order valence-electron chi connectivity index (χ2n) is 13.2. The number of benzene rings is 2. The zero-order chi connectivity index (χ0) is 42.5. The quantitative estimate of drug-likeness (QED) is 0.0791. The Morgan fingerprint density at radius 1 is 0.770 bits per heavy atom. The van der Waals surface area contributed by atoms with Gasteiger partial charge in [-0.25, -0.2) is 14.6 Å². The van der Waals surface area contributed by atoms with Crippen LogP contribution in [-0.4, -0.2) is 116 Å². The van der Waals surface area contributed by atoms with Gasteiger partial charge in [0.1, 0.15) is 17.6 Å². The molecule has 6 aromatic rings. The van der Waals surface area contributed by atoms with E-state index in [2.05, 4.69) is 52.1 Å². The number of hydrogen-bond donors (Lipinski definition) is 1. The number of nitrogens with one attached hydrogen (secondary N) is 1. The molecule has 2 aromatic carbocycles. The van der Waals surface area contributed by atoms with Gasteiger partial charge in [-0.05, 0) is 85.6 Å². The van der Waals surface area contributed by atoms with Crippen LogP contribution < -0.4 is 118 Å². The number of amides is 2. The van der Waals surface area contributed by atoms with E-state index in [9.17, 15) is 9.59 Å². The van der Waals surface area contributed by atoms with Gasteiger partial charge < -0.3 is 31.2 Å².